The zero-order chi connectivity index (χ0) is 23.3. The van der Waals surface area contributed by atoms with E-state index in [0.717, 1.165) is 5.56 Å². The van der Waals surface area contributed by atoms with Gasteiger partial charge in [-0.1, -0.05) is 50.6 Å². The summed E-state index contributed by atoms with van der Waals surface area (Å²) in [6.45, 7) is 3.60. The maximum Gasteiger partial charge on any atom is 0.246 e. The van der Waals surface area contributed by atoms with Crippen LogP contribution in [0.15, 0.2) is 30.3 Å². The molecule has 9 nitrogen and oxygen atoms in total. The number of benzene rings is 1. The van der Waals surface area contributed by atoms with Crippen molar-refractivity contribution in [3.63, 3.8) is 0 Å². The lowest BCUT2D eigenvalue weighted by Crippen LogP contribution is -2.63. The van der Waals surface area contributed by atoms with E-state index in [9.17, 15) is 24.3 Å². The first-order valence-corrected chi connectivity index (χ1v) is 11.2. The van der Waals surface area contributed by atoms with Crippen LogP contribution in [0.5, 0.6) is 0 Å². The van der Waals surface area contributed by atoms with Crippen molar-refractivity contribution in [1.29, 1.82) is 0 Å². The minimum Gasteiger partial charge on any atom is -0.394 e. The van der Waals surface area contributed by atoms with E-state index >= 15 is 0 Å². The first-order chi connectivity index (χ1) is 15.3. The first kappa shape index (κ1) is 23.7. The zero-order valence-corrected chi connectivity index (χ0v) is 18.5. The molecular formula is C23H32N4O5. The molecule has 2 saturated heterocycles. The van der Waals surface area contributed by atoms with Crippen molar-refractivity contribution in [2.45, 2.75) is 63.7 Å². The molecule has 0 aromatic heterocycles. The Morgan fingerprint density at radius 2 is 1.66 bits per heavy atom. The molecule has 0 saturated carbocycles. The van der Waals surface area contributed by atoms with Gasteiger partial charge in [0.25, 0.3) is 0 Å². The van der Waals surface area contributed by atoms with Crippen LogP contribution in [-0.4, -0.2) is 71.0 Å². The normalized spacial score (nSPS) is 28.0. The minimum atomic E-state index is -1.21. The van der Waals surface area contributed by atoms with E-state index in [-0.39, 0.29) is 18.2 Å². The fraction of sp³-hybridized carbons (Fsp3) is 0.565. The molecule has 0 aliphatic carbocycles. The average Bonchev–Trinajstić information content (AvgIpc) is 3.29. The molecule has 0 bridgehead atoms. The average molecular weight is 445 g/mol. The van der Waals surface area contributed by atoms with Crippen LogP contribution in [0.3, 0.4) is 0 Å². The van der Waals surface area contributed by atoms with E-state index in [1.807, 2.05) is 44.2 Å². The topological polar surface area (TPSA) is 128 Å². The van der Waals surface area contributed by atoms with Crippen molar-refractivity contribution in [3.05, 3.63) is 35.9 Å². The molecule has 0 spiro atoms. The molecule has 4 N–H and O–H groups in total. The van der Waals surface area contributed by atoms with Gasteiger partial charge in [-0.25, -0.2) is 0 Å². The molecule has 2 fully saturated rings. The van der Waals surface area contributed by atoms with Gasteiger partial charge in [0.1, 0.15) is 24.2 Å². The fourth-order valence-corrected chi connectivity index (χ4v) is 4.21. The molecule has 1 aromatic carbocycles. The predicted molar refractivity (Wildman–Crippen MR) is 117 cm³/mol. The van der Waals surface area contributed by atoms with Crippen LogP contribution in [0.2, 0.25) is 0 Å². The van der Waals surface area contributed by atoms with Crippen LogP contribution < -0.4 is 16.0 Å². The molecule has 5 atom stereocenters. The van der Waals surface area contributed by atoms with Crippen molar-refractivity contribution >= 4 is 23.6 Å². The van der Waals surface area contributed by atoms with E-state index in [0.29, 0.717) is 25.8 Å². The van der Waals surface area contributed by atoms with Gasteiger partial charge in [0, 0.05) is 13.0 Å². The van der Waals surface area contributed by atoms with Crippen LogP contribution in [0.25, 0.3) is 0 Å². The van der Waals surface area contributed by atoms with Crippen LogP contribution in [0.1, 0.15) is 38.7 Å². The van der Waals surface area contributed by atoms with Gasteiger partial charge in [-0.2, -0.15) is 0 Å². The predicted octanol–water partition coefficient (Wildman–Crippen LogP) is -0.273. The molecular weight excluding hydrogens is 412 g/mol. The summed E-state index contributed by atoms with van der Waals surface area (Å²) in [5.41, 5.74) is 0.829. The Kier molecular flexibility index (Phi) is 7.84. The molecule has 32 heavy (non-hydrogen) atoms. The summed E-state index contributed by atoms with van der Waals surface area (Å²) in [5.74, 6) is -2.04. The Balaban J connectivity index is 1.96. The first-order valence-electron chi connectivity index (χ1n) is 11.2. The van der Waals surface area contributed by atoms with Crippen molar-refractivity contribution < 1.29 is 24.3 Å². The van der Waals surface area contributed by atoms with Crippen molar-refractivity contribution in [3.8, 4) is 0 Å². The number of aliphatic hydroxyl groups excluding tert-OH is 1. The van der Waals surface area contributed by atoms with Gasteiger partial charge in [-0.15, -0.1) is 0 Å². The van der Waals surface area contributed by atoms with Gasteiger partial charge < -0.3 is 26.0 Å². The number of nitrogens with one attached hydrogen (secondary N) is 3. The van der Waals surface area contributed by atoms with Crippen molar-refractivity contribution in [1.82, 2.24) is 20.9 Å². The molecule has 1 aromatic rings. The highest BCUT2D eigenvalue weighted by Gasteiger charge is 2.41. The zero-order valence-electron chi connectivity index (χ0n) is 18.5. The third-order valence-corrected chi connectivity index (χ3v) is 6.35. The highest BCUT2D eigenvalue weighted by atomic mass is 16.3. The molecule has 174 valence electrons. The second-order valence-corrected chi connectivity index (χ2v) is 8.56. The number of nitrogens with zero attached hydrogens (tertiary/aromatic N) is 1. The third kappa shape index (κ3) is 5.27. The van der Waals surface area contributed by atoms with Crippen molar-refractivity contribution in [2.75, 3.05) is 13.2 Å². The summed E-state index contributed by atoms with van der Waals surface area (Å²) >= 11 is 0. The number of rotatable bonds is 5. The van der Waals surface area contributed by atoms with Gasteiger partial charge in [0.2, 0.25) is 23.6 Å². The number of hydrogen-bond donors (Lipinski definition) is 4. The van der Waals surface area contributed by atoms with Crippen molar-refractivity contribution in [2.24, 2.45) is 5.92 Å². The summed E-state index contributed by atoms with van der Waals surface area (Å²) in [4.78, 5) is 53.9. The van der Waals surface area contributed by atoms with Crippen LogP contribution in [0, 0.1) is 5.92 Å². The van der Waals surface area contributed by atoms with E-state index < -0.39 is 48.5 Å². The standard InChI is InChI=1S/C23H32N4O5/c1-3-14(2)19-23(32)27-11-7-10-18(27)22(31)25-17(13-28)21(30)24-16(20(29)26-19)12-15-8-5-4-6-9-15/h4-6,8-9,14,16-19,28H,3,7,10-13H2,1-2H3,(H,24,30)(H,25,31)(H,26,29)/t14?,16-,17-,18+,19-/m0/s1. The fourth-order valence-electron chi connectivity index (χ4n) is 4.21. The molecule has 0 radical (unpaired) electrons. The number of fused-ring (bicyclic) bond motifs is 1. The summed E-state index contributed by atoms with van der Waals surface area (Å²) < 4.78 is 0. The van der Waals surface area contributed by atoms with Crippen LogP contribution in [-0.2, 0) is 25.6 Å². The Morgan fingerprint density at radius 1 is 1.00 bits per heavy atom. The highest BCUT2D eigenvalue weighted by molar-refractivity contribution is 5.98. The Bertz CT molecular complexity index is 846. The molecule has 3 rings (SSSR count). The second-order valence-electron chi connectivity index (χ2n) is 8.56. The third-order valence-electron chi connectivity index (χ3n) is 6.35. The summed E-state index contributed by atoms with van der Waals surface area (Å²) in [6.07, 6.45) is 1.98. The number of carbonyl (C=O) groups is 4. The lowest BCUT2D eigenvalue weighted by atomic mass is 9.96. The smallest absolute Gasteiger partial charge is 0.246 e. The molecule has 2 aliphatic rings. The highest BCUT2D eigenvalue weighted by Crippen LogP contribution is 2.22. The monoisotopic (exact) mass is 444 g/mol. The Labute approximate surface area is 187 Å². The summed E-state index contributed by atoms with van der Waals surface area (Å²) in [5, 5.41) is 17.8. The van der Waals surface area contributed by atoms with E-state index in [2.05, 4.69) is 16.0 Å². The van der Waals surface area contributed by atoms with E-state index in [4.69, 9.17) is 0 Å². The Hall–Kier alpha value is -2.94. The lowest BCUT2D eigenvalue weighted by Gasteiger charge is -2.34. The maximum atomic E-state index is 13.4. The molecule has 2 aliphatic heterocycles. The van der Waals surface area contributed by atoms with Gasteiger partial charge in [0.05, 0.1) is 6.61 Å². The van der Waals surface area contributed by atoms with E-state index in [1.54, 1.807) is 0 Å². The quantitative estimate of drug-likeness (QED) is 0.497. The van der Waals surface area contributed by atoms with Crippen LogP contribution in [0.4, 0.5) is 0 Å². The van der Waals surface area contributed by atoms with Gasteiger partial charge in [0.15, 0.2) is 0 Å². The lowest BCUT2D eigenvalue weighted by molar-refractivity contribution is -0.144. The van der Waals surface area contributed by atoms with Crippen LogP contribution >= 0.6 is 0 Å². The molecule has 2 heterocycles. The second kappa shape index (κ2) is 10.6. The summed E-state index contributed by atoms with van der Waals surface area (Å²) in [7, 11) is 0. The number of aliphatic hydroxyl groups is 1. The summed E-state index contributed by atoms with van der Waals surface area (Å²) in [6, 6.07) is 5.49. The molecule has 4 amide bonds. The number of carbonyl (C=O) groups excluding carboxylic acids is 4. The number of amides is 4. The Morgan fingerprint density at radius 3 is 2.31 bits per heavy atom. The molecule has 9 heteroatoms. The molecule has 1 unspecified atom stereocenters. The van der Waals surface area contributed by atoms with Gasteiger partial charge >= 0.3 is 0 Å². The SMILES string of the molecule is CCC(C)[C@@H]1NC(=O)[C@H](Cc2ccccc2)NC(=O)[C@H](CO)NC(=O)[C@H]2CCCN2C1=O. The van der Waals surface area contributed by atoms with E-state index in [1.165, 1.54) is 4.90 Å². The number of hydrogen-bond acceptors (Lipinski definition) is 5. The minimum absolute atomic E-state index is 0.156. The maximum absolute atomic E-state index is 13.4. The largest absolute Gasteiger partial charge is 0.394 e. The van der Waals surface area contributed by atoms with Gasteiger partial charge in [-0.05, 0) is 24.3 Å². The van der Waals surface area contributed by atoms with Gasteiger partial charge in [-0.3, -0.25) is 19.2 Å².